The monoisotopic (exact) mass is 479 g/mol. The molecular weight excluding hydrogens is 450 g/mol. The number of amides is 1. The van der Waals surface area contributed by atoms with Gasteiger partial charge in [-0.3, -0.25) is 9.78 Å². The van der Waals surface area contributed by atoms with Gasteiger partial charge >= 0.3 is 0 Å². The molecule has 5 rings (SSSR count). The van der Waals surface area contributed by atoms with Gasteiger partial charge in [0.1, 0.15) is 5.75 Å². The summed E-state index contributed by atoms with van der Waals surface area (Å²) < 4.78 is 30.3. The number of pyridine rings is 1. The van der Waals surface area contributed by atoms with Gasteiger partial charge in [-0.1, -0.05) is 25.1 Å². The Kier molecular flexibility index (Phi) is 5.72. The summed E-state index contributed by atoms with van der Waals surface area (Å²) >= 11 is 0. The van der Waals surface area contributed by atoms with E-state index in [0.717, 1.165) is 35.7 Å². The lowest BCUT2D eigenvalue weighted by Crippen LogP contribution is -2.49. The molecule has 1 aliphatic carbocycles. The van der Waals surface area contributed by atoms with Gasteiger partial charge in [0.25, 0.3) is 5.91 Å². The summed E-state index contributed by atoms with van der Waals surface area (Å²) in [6.45, 7) is 5.09. The van der Waals surface area contributed by atoms with E-state index in [-0.39, 0.29) is 16.2 Å². The van der Waals surface area contributed by atoms with Gasteiger partial charge in [0, 0.05) is 43.2 Å². The fourth-order valence-corrected chi connectivity index (χ4v) is 4.86. The molecule has 1 saturated heterocycles. The summed E-state index contributed by atoms with van der Waals surface area (Å²) in [5.74, 6) is 0.254. The van der Waals surface area contributed by atoms with Crippen molar-refractivity contribution in [2.45, 2.75) is 24.7 Å². The summed E-state index contributed by atoms with van der Waals surface area (Å²) in [5, 5.41) is 1.09. The minimum atomic E-state index is -3.44. The number of hydrogen-bond donors (Lipinski definition) is 0. The van der Waals surface area contributed by atoms with Crippen molar-refractivity contribution >= 4 is 32.3 Å². The van der Waals surface area contributed by atoms with Gasteiger partial charge in [-0.2, -0.15) is 0 Å². The number of benzene rings is 2. The SMILES string of the molecule is CC1(COc2ccc(S(C)(=O)=O)cc2C(=O)N2CCN(c3cnc4ccccc4c3)CC2)CC1. The molecule has 1 aromatic heterocycles. The van der Waals surface area contributed by atoms with Gasteiger partial charge < -0.3 is 14.5 Å². The molecule has 2 fully saturated rings. The molecule has 0 bridgehead atoms. The van der Waals surface area contributed by atoms with E-state index < -0.39 is 9.84 Å². The molecule has 2 aliphatic rings. The minimum Gasteiger partial charge on any atom is -0.492 e. The Morgan fingerprint density at radius 1 is 1.06 bits per heavy atom. The minimum absolute atomic E-state index is 0.127. The van der Waals surface area contributed by atoms with E-state index in [1.165, 1.54) is 12.1 Å². The molecule has 34 heavy (non-hydrogen) atoms. The van der Waals surface area contributed by atoms with E-state index in [1.54, 1.807) is 11.0 Å². The maximum atomic E-state index is 13.5. The quantitative estimate of drug-likeness (QED) is 0.535. The van der Waals surface area contributed by atoms with E-state index in [4.69, 9.17) is 4.74 Å². The molecule has 1 amide bonds. The van der Waals surface area contributed by atoms with E-state index >= 15 is 0 Å². The molecule has 0 spiro atoms. The van der Waals surface area contributed by atoms with Crippen LogP contribution in [0.15, 0.2) is 59.6 Å². The largest absolute Gasteiger partial charge is 0.492 e. The van der Waals surface area contributed by atoms with Crippen molar-refractivity contribution in [2.75, 3.05) is 43.9 Å². The van der Waals surface area contributed by atoms with Crippen LogP contribution in [0.25, 0.3) is 10.9 Å². The Bertz CT molecular complexity index is 1340. The number of carbonyl (C=O) groups excluding carboxylic acids is 1. The highest BCUT2D eigenvalue weighted by molar-refractivity contribution is 7.90. The van der Waals surface area contributed by atoms with E-state index in [0.29, 0.717) is 44.1 Å². The first-order chi connectivity index (χ1) is 16.2. The number of rotatable bonds is 6. The Labute approximate surface area is 200 Å². The lowest BCUT2D eigenvalue weighted by Gasteiger charge is -2.36. The summed E-state index contributed by atoms with van der Waals surface area (Å²) in [6, 6.07) is 14.7. The maximum absolute atomic E-state index is 13.5. The number of nitrogens with zero attached hydrogens (tertiary/aromatic N) is 3. The zero-order valence-corrected chi connectivity index (χ0v) is 20.3. The molecule has 3 aromatic rings. The van der Waals surface area contributed by atoms with Crippen molar-refractivity contribution in [1.29, 1.82) is 0 Å². The summed E-state index contributed by atoms with van der Waals surface area (Å²) in [4.78, 5) is 22.2. The van der Waals surface area contributed by atoms with E-state index in [9.17, 15) is 13.2 Å². The summed E-state index contributed by atoms with van der Waals surface area (Å²) in [6.07, 6.45) is 5.23. The third-order valence-electron chi connectivity index (χ3n) is 6.80. The third kappa shape index (κ3) is 4.73. The van der Waals surface area contributed by atoms with Crippen molar-refractivity contribution < 1.29 is 17.9 Å². The van der Waals surface area contributed by atoms with Crippen LogP contribution in [-0.4, -0.2) is 63.3 Å². The van der Waals surface area contributed by atoms with Gasteiger partial charge in [-0.05, 0) is 43.2 Å². The number of para-hydroxylation sites is 1. The predicted molar refractivity (Wildman–Crippen MR) is 132 cm³/mol. The summed E-state index contributed by atoms with van der Waals surface area (Å²) in [5.41, 5.74) is 2.45. The molecule has 0 atom stereocenters. The van der Waals surface area contributed by atoms with Crippen LogP contribution in [0.3, 0.4) is 0 Å². The Morgan fingerprint density at radius 2 is 1.79 bits per heavy atom. The first-order valence-electron chi connectivity index (χ1n) is 11.6. The second-order valence-electron chi connectivity index (χ2n) is 9.69. The van der Waals surface area contributed by atoms with Crippen LogP contribution in [0, 0.1) is 5.41 Å². The predicted octanol–water partition coefficient (Wildman–Crippen LogP) is 3.78. The van der Waals surface area contributed by atoms with Crippen LogP contribution < -0.4 is 9.64 Å². The van der Waals surface area contributed by atoms with Gasteiger partial charge in [0.15, 0.2) is 9.84 Å². The third-order valence-corrected chi connectivity index (χ3v) is 7.91. The molecule has 178 valence electrons. The van der Waals surface area contributed by atoms with Crippen LogP contribution in [0.5, 0.6) is 5.75 Å². The Morgan fingerprint density at radius 3 is 2.50 bits per heavy atom. The molecular formula is C26H29N3O4S. The number of hydrogen-bond acceptors (Lipinski definition) is 6. The van der Waals surface area contributed by atoms with Crippen LogP contribution in [0.1, 0.15) is 30.1 Å². The first kappa shape index (κ1) is 22.7. The Balaban J connectivity index is 1.33. The first-order valence-corrected chi connectivity index (χ1v) is 13.5. The van der Waals surface area contributed by atoms with Crippen molar-refractivity contribution in [3.05, 3.63) is 60.3 Å². The lowest BCUT2D eigenvalue weighted by atomic mass is 10.1. The molecule has 8 heteroatoms. The topological polar surface area (TPSA) is 79.8 Å². The summed E-state index contributed by atoms with van der Waals surface area (Å²) in [7, 11) is -3.44. The highest BCUT2D eigenvalue weighted by Gasteiger charge is 2.38. The smallest absolute Gasteiger partial charge is 0.257 e. The highest BCUT2D eigenvalue weighted by Crippen LogP contribution is 2.45. The molecule has 7 nitrogen and oxygen atoms in total. The normalized spacial score (nSPS) is 17.6. The molecule has 0 N–H and O–H groups in total. The number of piperazine rings is 1. The number of ether oxygens (including phenoxy) is 1. The van der Waals surface area contributed by atoms with Gasteiger partial charge in [0.2, 0.25) is 0 Å². The van der Waals surface area contributed by atoms with Crippen LogP contribution in [0.4, 0.5) is 5.69 Å². The average Bonchev–Trinajstić information content (AvgIpc) is 3.58. The van der Waals surface area contributed by atoms with Crippen molar-refractivity contribution in [1.82, 2.24) is 9.88 Å². The van der Waals surface area contributed by atoms with Crippen molar-refractivity contribution in [3.63, 3.8) is 0 Å². The highest BCUT2D eigenvalue weighted by atomic mass is 32.2. The molecule has 1 saturated carbocycles. The number of carbonyl (C=O) groups is 1. The standard InChI is InChI=1S/C26H29N3O4S/c1-26(9-10-26)18-33-24-8-7-21(34(2,31)32)16-22(24)25(30)29-13-11-28(12-14-29)20-15-19-5-3-4-6-23(19)27-17-20/h3-8,15-17H,9-14,18H2,1-2H3. The number of sulfone groups is 1. The Hall–Kier alpha value is -3.13. The van der Waals surface area contributed by atoms with Crippen LogP contribution in [0.2, 0.25) is 0 Å². The molecule has 0 unspecified atom stereocenters. The zero-order chi connectivity index (χ0) is 23.9. The fraction of sp³-hybridized carbons (Fsp3) is 0.385. The number of anilines is 1. The van der Waals surface area contributed by atoms with Crippen molar-refractivity contribution in [2.24, 2.45) is 5.41 Å². The molecule has 0 radical (unpaired) electrons. The number of aromatic nitrogens is 1. The number of fused-ring (bicyclic) bond motifs is 1. The average molecular weight is 480 g/mol. The van der Waals surface area contributed by atoms with Crippen LogP contribution >= 0.6 is 0 Å². The zero-order valence-electron chi connectivity index (χ0n) is 19.5. The van der Waals surface area contributed by atoms with Gasteiger partial charge in [0.05, 0.1) is 34.5 Å². The fourth-order valence-electron chi connectivity index (χ4n) is 4.21. The van der Waals surface area contributed by atoms with Gasteiger partial charge in [-0.25, -0.2) is 8.42 Å². The van der Waals surface area contributed by atoms with Crippen LogP contribution in [-0.2, 0) is 9.84 Å². The van der Waals surface area contributed by atoms with E-state index in [1.807, 2.05) is 30.5 Å². The second-order valence-corrected chi connectivity index (χ2v) is 11.7. The van der Waals surface area contributed by atoms with Crippen molar-refractivity contribution in [3.8, 4) is 5.75 Å². The molecule has 2 heterocycles. The van der Waals surface area contributed by atoms with E-state index in [2.05, 4.69) is 22.9 Å². The van der Waals surface area contributed by atoms with Gasteiger partial charge in [-0.15, -0.1) is 0 Å². The molecule has 1 aliphatic heterocycles. The second kappa shape index (κ2) is 8.58. The maximum Gasteiger partial charge on any atom is 0.257 e. The lowest BCUT2D eigenvalue weighted by molar-refractivity contribution is 0.0740. The molecule has 2 aromatic carbocycles.